The highest BCUT2D eigenvalue weighted by Gasteiger charge is 2.24. The molecule has 2 aromatic carbocycles. The predicted octanol–water partition coefficient (Wildman–Crippen LogP) is 5.28. The van der Waals surface area contributed by atoms with Gasteiger partial charge in [-0.25, -0.2) is 0 Å². The molecule has 0 spiro atoms. The number of nitrogens with one attached hydrogen (secondary N) is 1. The summed E-state index contributed by atoms with van der Waals surface area (Å²) in [7, 11) is 0. The van der Waals surface area contributed by atoms with E-state index in [9.17, 15) is 4.79 Å². The van der Waals surface area contributed by atoms with E-state index in [1.54, 1.807) is 0 Å². The van der Waals surface area contributed by atoms with Gasteiger partial charge in [-0.15, -0.1) is 0 Å². The molecule has 0 heterocycles. The Morgan fingerprint density at radius 2 is 1.82 bits per heavy atom. The Bertz CT molecular complexity index is 634. The van der Waals surface area contributed by atoms with Crippen molar-refractivity contribution in [1.82, 2.24) is 0 Å². The van der Waals surface area contributed by atoms with Crippen LogP contribution >= 0.6 is 11.6 Å². The van der Waals surface area contributed by atoms with E-state index < -0.39 is 0 Å². The lowest BCUT2D eigenvalue weighted by Crippen LogP contribution is -2.25. The smallest absolute Gasteiger partial charge is 0.232 e. The fraction of sp³-hybridized carbons (Fsp3) is 0.316. The number of anilines is 1. The average molecular weight is 316 g/mol. The molecule has 1 atom stereocenters. The molecule has 3 heteroatoms. The third-order valence-corrected chi connectivity index (χ3v) is 4.03. The van der Waals surface area contributed by atoms with E-state index in [1.807, 2.05) is 42.5 Å². The van der Waals surface area contributed by atoms with Gasteiger partial charge in [0.25, 0.3) is 0 Å². The van der Waals surface area contributed by atoms with Gasteiger partial charge in [0.15, 0.2) is 0 Å². The Kier molecular flexibility index (Phi) is 5.62. The van der Waals surface area contributed by atoms with Crippen LogP contribution in [0, 0.1) is 5.92 Å². The number of halogens is 1. The Hall–Kier alpha value is -1.80. The van der Waals surface area contributed by atoms with E-state index in [4.69, 9.17) is 11.6 Å². The molecule has 0 aromatic heterocycles. The maximum atomic E-state index is 12.7. The molecule has 22 heavy (non-hydrogen) atoms. The van der Waals surface area contributed by atoms with Crippen molar-refractivity contribution in [1.29, 1.82) is 0 Å². The van der Waals surface area contributed by atoms with E-state index >= 15 is 0 Å². The van der Waals surface area contributed by atoms with Gasteiger partial charge in [-0.05, 0) is 47.7 Å². The maximum absolute atomic E-state index is 12.7. The first-order valence-electron chi connectivity index (χ1n) is 7.66. The number of rotatable bonds is 5. The minimum absolute atomic E-state index is 0.0191. The molecule has 2 aromatic rings. The van der Waals surface area contributed by atoms with Crippen LogP contribution in [-0.4, -0.2) is 5.91 Å². The van der Waals surface area contributed by atoms with Crippen LogP contribution in [0.25, 0.3) is 0 Å². The van der Waals surface area contributed by atoms with Gasteiger partial charge in [0.1, 0.15) is 0 Å². The molecular weight excluding hydrogens is 294 g/mol. The second-order valence-corrected chi connectivity index (χ2v) is 6.25. The van der Waals surface area contributed by atoms with Crippen molar-refractivity contribution < 1.29 is 4.79 Å². The summed E-state index contributed by atoms with van der Waals surface area (Å²) >= 11 is 5.94. The van der Waals surface area contributed by atoms with E-state index in [0.29, 0.717) is 5.02 Å². The van der Waals surface area contributed by atoms with Crippen LogP contribution in [0.15, 0.2) is 48.5 Å². The number of carbonyl (C=O) groups excluding carboxylic acids is 1. The third-order valence-electron chi connectivity index (χ3n) is 3.78. The second-order valence-electron chi connectivity index (χ2n) is 5.82. The molecule has 1 amide bonds. The highest BCUT2D eigenvalue weighted by molar-refractivity contribution is 6.30. The van der Waals surface area contributed by atoms with E-state index in [-0.39, 0.29) is 17.7 Å². The van der Waals surface area contributed by atoms with E-state index in [0.717, 1.165) is 17.7 Å². The van der Waals surface area contributed by atoms with Gasteiger partial charge in [-0.1, -0.05) is 56.6 Å². The summed E-state index contributed by atoms with van der Waals surface area (Å²) in [4.78, 5) is 12.7. The summed E-state index contributed by atoms with van der Waals surface area (Å²) in [5, 5.41) is 3.72. The van der Waals surface area contributed by atoms with Crippen LogP contribution in [0.4, 0.5) is 5.69 Å². The van der Waals surface area contributed by atoms with Crippen LogP contribution in [0.3, 0.4) is 0 Å². The highest BCUT2D eigenvalue weighted by atomic mass is 35.5. The van der Waals surface area contributed by atoms with Crippen molar-refractivity contribution in [2.24, 2.45) is 5.92 Å². The largest absolute Gasteiger partial charge is 0.326 e. The van der Waals surface area contributed by atoms with Crippen LogP contribution in [0.5, 0.6) is 0 Å². The van der Waals surface area contributed by atoms with Crippen molar-refractivity contribution >= 4 is 23.2 Å². The molecule has 116 valence electrons. The van der Waals surface area contributed by atoms with Crippen molar-refractivity contribution in [3.63, 3.8) is 0 Å². The van der Waals surface area contributed by atoms with Crippen molar-refractivity contribution in [2.45, 2.75) is 33.1 Å². The van der Waals surface area contributed by atoms with E-state index in [2.05, 4.69) is 32.2 Å². The zero-order valence-corrected chi connectivity index (χ0v) is 14.0. The fourth-order valence-corrected chi connectivity index (χ4v) is 2.72. The molecule has 0 unspecified atom stereocenters. The first-order chi connectivity index (χ1) is 10.5. The predicted molar refractivity (Wildman–Crippen MR) is 93.5 cm³/mol. The zero-order chi connectivity index (χ0) is 16.1. The minimum Gasteiger partial charge on any atom is -0.326 e. The Morgan fingerprint density at radius 1 is 1.14 bits per heavy atom. The summed E-state index contributed by atoms with van der Waals surface area (Å²) in [5.41, 5.74) is 3.05. The molecule has 0 saturated heterocycles. The summed E-state index contributed by atoms with van der Waals surface area (Å²) in [6, 6.07) is 15.5. The summed E-state index contributed by atoms with van der Waals surface area (Å²) in [5.74, 6) is 0.0312. The standard InChI is InChI=1S/C19H22ClNO/c1-4-14-6-5-7-17(12-14)21-19(22)18(13(2)3)15-8-10-16(20)11-9-15/h5-13,18H,4H2,1-3H3,(H,21,22)/t18-/m0/s1. The second kappa shape index (κ2) is 7.46. The van der Waals surface area contributed by atoms with Gasteiger partial charge in [0.2, 0.25) is 5.91 Å². The summed E-state index contributed by atoms with van der Waals surface area (Å²) < 4.78 is 0. The molecule has 0 bridgehead atoms. The molecule has 2 rings (SSSR count). The third kappa shape index (κ3) is 4.11. The number of carbonyl (C=O) groups is 1. The van der Waals surface area contributed by atoms with Gasteiger partial charge in [-0.3, -0.25) is 4.79 Å². The molecule has 0 aliphatic rings. The lowest BCUT2D eigenvalue weighted by atomic mass is 9.87. The van der Waals surface area contributed by atoms with Gasteiger partial charge in [-0.2, -0.15) is 0 Å². The van der Waals surface area contributed by atoms with Crippen molar-refractivity contribution in [3.05, 3.63) is 64.7 Å². The molecule has 2 nitrogen and oxygen atoms in total. The molecular formula is C19H22ClNO. The summed E-state index contributed by atoms with van der Waals surface area (Å²) in [6.07, 6.45) is 0.953. The quantitative estimate of drug-likeness (QED) is 0.799. The fourth-order valence-electron chi connectivity index (χ4n) is 2.60. The molecule has 0 radical (unpaired) electrons. The first-order valence-corrected chi connectivity index (χ1v) is 8.04. The number of aryl methyl sites for hydroxylation is 1. The molecule has 0 aliphatic carbocycles. The monoisotopic (exact) mass is 315 g/mol. The SMILES string of the molecule is CCc1cccc(NC(=O)[C@H](c2ccc(Cl)cc2)C(C)C)c1. The maximum Gasteiger partial charge on any atom is 0.232 e. The van der Waals surface area contributed by atoms with Crippen molar-refractivity contribution in [2.75, 3.05) is 5.32 Å². The molecule has 0 aliphatic heterocycles. The average Bonchev–Trinajstić information content (AvgIpc) is 2.49. The topological polar surface area (TPSA) is 29.1 Å². The summed E-state index contributed by atoms with van der Waals surface area (Å²) in [6.45, 7) is 6.22. The number of hydrogen-bond donors (Lipinski definition) is 1. The highest BCUT2D eigenvalue weighted by Crippen LogP contribution is 2.27. The Balaban J connectivity index is 2.21. The number of benzene rings is 2. The van der Waals surface area contributed by atoms with Gasteiger partial charge in [0.05, 0.1) is 5.92 Å². The first kappa shape index (κ1) is 16.6. The van der Waals surface area contributed by atoms with Crippen LogP contribution in [-0.2, 0) is 11.2 Å². The lowest BCUT2D eigenvalue weighted by molar-refractivity contribution is -0.118. The van der Waals surface area contributed by atoms with Gasteiger partial charge < -0.3 is 5.32 Å². The van der Waals surface area contributed by atoms with Gasteiger partial charge >= 0.3 is 0 Å². The zero-order valence-electron chi connectivity index (χ0n) is 13.3. The molecule has 1 N–H and O–H groups in total. The van der Waals surface area contributed by atoms with Crippen LogP contribution < -0.4 is 5.32 Å². The van der Waals surface area contributed by atoms with Crippen LogP contribution in [0.1, 0.15) is 37.8 Å². The normalized spacial score (nSPS) is 12.2. The Labute approximate surface area is 137 Å². The molecule has 0 saturated carbocycles. The lowest BCUT2D eigenvalue weighted by Gasteiger charge is -2.21. The van der Waals surface area contributed by atoms with Crippen molar-refractivity contribution in [3.8, 4) is 0 Å². The molecule has 0 fully saturated rings. The minimum atomic E-state index is -0.192. The number of hydrogen-bond acceptors (Lipinski definition) is 1. The van der Waals surface area contributed by atoms with Crippen LogP contribution in [0.2, 0.25) is 5.02 Å². The van der Waals surface area contributed by atoms with Gasteiger partial charge in [0, 0.05) is 10.7 Å². The number of amides is 1. The Morgan fingerprint density at radius 3 is 2.41 bits per heavy atom. The van der Waals surface area contributed by atoms with E-state index in [1.165, 1.54) is 5.56 Å².